The fourth-order valence-corrected chi connectivity index (χ4v) is 3.00. The molecule has 0 heterocycles. The van der Waals surface area contributed by atoms with E-state index in [-0.39, 0.29) is 0 Å². The Morgan fingerprint density at radius 3 is 2.18 bits per heavy atom. The highest BCUT2D eigenvalue weighted by molar-refractivity contribution is 8.13. The third kappa shape index (κ3) is 2.83. The van der Waals surface area contributed by atoms with Crippen LogP contribution in [0.5, 0.6) is 0 Å². The van der Waals surface area contributed by atoms with Gasteiger partial charge in [0, 0.05) is 10.7 Å². The number of nitriles is 1. The molecule has 0 fully saturated rings. The number of benzene rings is 1. The number of rotatable bonds is 1. The fraction of sp³-hybridized carbons (Fsp3) is 0.125. The molecule has 0 aliphatic rings. The van der Waals surface area contributed by atoms with E-state index in [2.05, 4.69) is 0 Å². The Bertz CT molecular complexity index is 604. The quantitative estimate of drug-likeness (QED) is 0.749. The van der Waals surface area contributed by atoms with E-state index in [1.807, 2.05) is 0 Å². The first-order valence-corrected chi connectivity index (χ1v) is 6.52. The Morgan fingerprint density at radius 2 is 1.82 bits per heavy atom. The molecule has 1 aromatic carbocycles. The summed E-state index contributed by atoms with van der Waals surface area (Å²) in [5, 5.41) is 7.84. The number of hydrogen-bond donors (Lipinski definition) is 0. The second-order valence-electron chi connectivity index (χ2n) is 2.85. The lowest BCUT2D eigenvalue weighted by Crippen LogP contribution is -2.13. The van der Waals surface area contributed by atoms with Crippen molar-refractivity contribution in [2.45, 2.75) is 11.1 Å². The molecule has 0 unspecified atom stereocenters. The summed E-state index contributed by atoms with van der Waals surface area (Å²) in [4.78, 5) is -1.30. The molecule has 0 spiro atoms. The van der Waals surface area contributed by atoms with Crippen molar-refractivity contribution in [1.29, 1.82) is 5.26 Å². The summed E-state index contributed by atoms with van der Waals surface area (Å²) < 4.78 is 60.1. The molecule has 92 valence electrons. The van der Waals surface area contributed by atoms with E-state index in [1.165, 1.54) is 6.07 Å². The average molecular weight is 304 g/mol. The summed E-state index contributed by atoms with van der Waals surface area (Å²) >= 11 is 5.38. The number of halogens is 5. The summed E-state index contributed by atoms with van der Waals surface area (Å²) in [6.07, 6.45) is -5.05. The van der Waals surface area contributed by atoms with Crippen molar-refractivity contribution in [1.82, 2.24) is 0 Å². The molecule has 17 heavy (non-hydrogen) atoms. The van der Waals surface area contributed by atoms with Crippen LogP contribution in [0.15, 0.2) is 17.0 Å². The maximum Gasteiger partial charge on any atom is 0.419 e. The lowest BCUT2D eigenvalue weighted by Gasteiger charge is -2.13. The average Bonchev–Trinajstić information content (AvgIpc) is 2.13. The van der Waals surface area contributed by atoms with Crippen LogP contribution in [0.25, 0.3) is 0 Å². The minimum Gasteiger partial charge on any atom is -0.207 e. The Hall–Kier alpha value is -0.970. The van der Waals surface area contributed by atoms with Crippen LogP contribution in [0.1, 0.15) is 11.1 Å². The van der Waals surface area contributed by atoms with Crippen LogP contribution in [0.3, 0.4) is 0 Å². The Labute approximate surface area is 104 Å². The smallest absolute Gasteiger partial charge is 0.207 e. The van der Waals surface area contributed by atoms with Crippen molar-refractivity contribution in [3.8, 4) is 6.07 Å². The molecule has 1 aromatic rings. The van der Waals surface area contributed by atoms with Crippen molar-refractivity contribution in [2.24, 2.45) is 0 Å². The zero-order chi connectivity index (χ0) is 13.4. The van der Waals surface area contributed by atoms with Crippen LogP contribution in [0.4, 0.5) is 13.2 Å². The summed E-state index contributed by atoms with van der Waals surface area (Å²) in [7, 11) is 0.172. The first kappa shape index (κ1) is 14.1. The van der Waals surface area contributed by atoms with E-state index < -0.39 is 36.3 Å². The molecule has 0 atom stereocenters. The standard InChI is InChI=1S/C8H2Cl2F3NO2S/c9-5-2-1-4(3-14)6(8(11,12)13)7(5)17(10,15)16/h1-2H. The Kier molecular flexibility index (Phi) is 3.62. The van der Waals surface area contributed by atoms with Crippen molar-refractivity contribution < 1.29 is 21.6 Å². The molecular formula is C8H2Cl2F3NO2S. The van der Waals surface area contributed by atoms with Gasteiger partial charge in [-0.25, -0.2) is 8.42 Å². The topological polar surface area (TPSA) is 57.9 Å². The summed E-state index contributed by atoms with van der Waals surface area (Å²) in [6, 6.07) is 2.88. The van der Waals surface area contributed by atoms with Gasteiger partial charge in [0.15, 0.2) is 0 Å². The van der Waals surface area contributed by atoms with Crippen LogP contribution in [0.2, 0.25) is 5.02 Å². The van der Waals surface area contributed by atoms with Crippen molar-refractivity contribution in [2.75, 3.05) is 0 Å². The molecule has 0 N–H and O–H groups in total. The minimum absolute atomic E-state index is 0.689. The third-order valence-corrected chi connectivity index (χ3v) is 3.56. The molecule has 1 rings (SSSR count). The Morgan fingerprint density at radius 1 is 1.29 bits per heavy atom. The highest BCUT2D eigenvalue weighted by Gasteiger charge is 2.41. The van der Waals surface area contributed by atoms with E-state index in [9.17, 15) is 21.6 Å². The second kappa shape index (κ2) is 4.37. The second-order valence-corrected chi connectivity index (χ2v) is 5.76. The lowest BCUT2D eigenvalue weighted by atomic mass is 10.1. The molecule has 0 amide bonds. The molecule has 0 aromatic heterocycles. The summed E-state index contributed by atoms with van der Waals surface area (Å²) in [5.74, 6) is 0. The molecule has 0 saturated heterocycles. The SMILES string of the molecule is N#Cc1ccc(Cl)c(S(=O)(=O)Cl)c1C(F)(F)F. The van der Waals surface area contributed by atoms with E-state index in [1.54, 1.807) is 0 Å². The van der Waals surface area contributed by atoms with Gasteiger partial charge in [-0.2, -0.15) is 18.4 Å². The van der Waals surface area contributed by atoms with E-state index in [4.69, 9.17) is 27.5 Å². The van der Waals surface area contributed by atoms with Crippen LogP contribution in [-0.2, 0) is 15.2 Å². The summed E-state index contributed by atoms with van der Waals surface area (Å²) in [6.45, 7) is 0. The van der Waals surface area contributed by atoms with Crippen molar-refractivity contribution >= 4 is 31.3 Å². The highest BCUT2D eigenvalue weighted by Crippen LogP contribution is 2.40. The zero-order valence-electron chi connectivity index (χ0n) is 7.72. The number of alkyl halides is 3. The highest BCUT2D eigenvalue weighted by atomic mass is 35.7. The molecular weight excluding hydrogens is 302 g/mol. The monoisotopic (exact) mass is 303 g/mol. The fourth-order valence-electron chi connectivity index (χ4n) is 1.17. The molecule has 9 heteroatoms. The van der Waals surface area contributed by atoms with Gasteiger partial charge in [0.2, 0.25) is 0 Å². The zero-order valence-corrected chi connectivity index (χ0v) is 10.0. The van der Waals surface area contributed by atoms with Crippen LogP contribution >= 0.6 is 22.3 Å². The molecule has 0 aliphatic carbocycles. The predicted octanol–water partition coefficient (Wildman–Crippen LogP) is 3.16. The van der Waals surface area contributed by atoms with Gasteiger partial charge in [-0.05, 0) is 12.1 Å². The first-order chi connectivity index (χ1) is 7.59. The van der Waals surface area contributed by atoms with Gasteiger partial charge in [0.25, 0.3) is 9.05 Å². The van der Waals surface area contributed by atoms with Gasteiger partial charge >= 0.3 is 6.18 Å². The Balaban J connectivity index is 3.88. The van der Waals surface area contributed by atoms with Crippen molar-refractivity contribution in [3.63, 3.8) is 0 Å². The van der Waals surface area contributed by atoms with Crippen LogP contribution < -0.4 is 0 Å². The molecule has 0 bridgehead atoms. The van der Waals surface area contributed by atoms with Gasteiger partial charge in [-0.3, -0.25) is 0 Å². The molecule has 0 saturated carbocycles. The maximum atomic E-state index is 12.7. The largest absolute Gasteiger partial charge is 0.419 e. The molecule has 0 aliphatic heterocycles. The van der Waals surface area contributed by atoms with Gasteiger partial charge in [0.1, 0.15) is 4.90 Å². The van der Waals surface area contributed by atoms with E-state index in [0.717, 1.165) is 12.1 Å². The van der Waals surface area contributed by atoms with Gasteiger partial charge in [0.05, 0.1) is 22.2 Å². The number of nitrogens with zero attached hydrogens (tertiary/aromatic N) is 1. The summed E-state index contributed by atoms with van der Waals surface area (Å²) in [5.41, 5.74) is -2.51. The normalized spacial score (nSPS) is 12.2. The maximum absolute atomic E-state index is 12.7. The first-order valence-electron chi connectivity index (χ1n) is 3.83. The van der Waals surface area contributed by atoms with Crippen LogP contribution in [0, 0.1) is 11.3 Å². The van der Waals surface area contributed by atoms with E-state index in [0.29, 0.717) is 0 Å². The molecule has 0 radical (unpaired) electrons. The number of hydrogen-bond acceptors (Lipinski definition) is 3. The van der Waals surface area contributed by atoms with Gasteiger partial charge < -0.3 is 0 Å². The third-order valence-electron chi connectivity index (χ3n) is 1.76. The minimum atomic E-state index is -5.05. The van der Waals surface area contributed by atoms with Crippen LogP contribution in [-0.4, -0.2) is 8.42 Å². The lowest BCUT2D eigenvalue weighted by molar-refractivity contribution is -0.140. The van der Waals surface area contributed by atoms with Crippen molar-refractivity contribution in [3.05, 3.63) is 28.3 Å². The predicted molar refractivity (Wildman–Crippen MR) is 54.2 cm³/mol. The van der Waals surface area contributed by atoms with Gasteiger partial charge in [-0.1, -0.05) is 11.6 Å². The molecule has 3 nitrogen and oxygen atoms in total. The van der Waals surface area contributed by atoms with E-state index >= 15 is 0 Å². The van der Waals surface area contributed by atoms with Gasteiger partial charge in [-0.15, -0.1) is 0 Å².